The summed E-state index contributed by atoms with van der Waals surface area (Å²) in [6.45, 7) is 2.00. The van der Waals surface area contributed by atoms with E-state index in [1.807, 2.05) is 24.3 Å². The van der Waals surface area contributed by atoms with Crippen molar-refractivity contribution in [3.63, 3.8) is 0 Å². The maximum absolute atomic E-state index is 5.86. The maximum Gasteiger partial charge on any atom is 0.199 e. The number of hydrogen-bond acceptors (Lipinski definition) is 3. The van der Waals surface area contributed by atoms with E-state index in [4.69, 9.17) is 16.0 Å². The summed E-state index contributed by atoms with van der Waals surface area (Å²) in [5.41, 5.74) is 1.92. The lowest BCUT2D eigenvalue weighted by Crippen LogP contribution is -2.08. The molecule has 0 saturated carbocycles. The molecular weight excluding hydrogens is 236 g/mol. The Labute approximate surface area is 105 Å². The highest BCUT2D eigenvalue weighted by Gasteiger charge is 2.21. The minimum atomic E-state index is 0.413. The van der Waals surface area contributed by atoms with E-state index in [0.717, 1.165) is 41.7 Å². The zero-order valence-electron chi connectivity index (χ0n) is 9.32. The lowest BCUT2D eigenvalue weighted by atomic mass is 10.1. The van der Waals surface area contributed by atoms with Crippen LogP contribution in [0.3, 0.4) is 0 Å². The van der Waals surface area contributed by atoms with Gasteiger partial charge in [0, 0.05) is 23.0 Å². The van der Waals surface area contributed by atoms with E-state index in [0.29, 0.717) is 5.92 Å². The summed E-state index contributed by atoms with van der Waals surface area (Å²) in [6, 6.07) is 7.64. The average molecular weight is 249 g/mol. The first kappa shape index (κ1) is 10.8. The quantitative estimate of drug-likeness (QED) is 0.888. The van der Waals surface area contributed by atoms with Gasteiger partial charge in [-0.1, -0.05) is 23.7 Å². The van der Waals surface area contributed by atoms with Crippen molar-refractivity contribution in [3.05, 3.63) is 41.4 Å². The van der Waals surface area contributed by atoms with Crippen molar-refractivity contribution in [2.75, 3.05) is 13.1 Å². The SMILES string of the molecule is Clc1ccc(-c2coc(C3CCNC3)n2)cc1. The number of nitrogens with one attached hydrogen (secondary N) is 1. The minimum Gasteiger partial charge on any atom is -0.448 e. The van der Waals surface area contributed by atoms with Crippen molar-refractivity contribution >= 4 is 11.6 Å². The molecule has 0 spiro atoms. The van der Waals surface area contributed by atoms with Gasteiger partial charge in [-0.2, -0.15) is 0 Å². The fraction of sp³-hybridized carbons (Fsp3) is 0.308. The molecule has 17 heavy (non-hydrogen) atoms. The van der Waals surface area contributed by atoms with Crippen LogP contribution in [0.1, 0.15) is 18.2 Å². The van der Waals surface area contributed by atoms with Gasteiger partial charge in [-0.3, -0.25) is 0 Å². The van der Waals surface area contributed by atoms with E-state index in [9.17, 15) is 0 Å². The van der Waals surface area contributed by atoms with Crippen LogP contribution in [-0.2, 0) is 0 Å². The third kappa shape index (κ3) is 2.21. The Hall–Kier alpha value is -1.32. The molecule has 2 aromatic rings. The molecule has 0 aliphatic carbocycles. The highest BCUT2D eigenvalue weighted by Crippen LogP contribution is 2.26. The monoisotopic (exact) mass is 248 g/mol. The van der Waals surface area contributed by atoms with E-state index >= 15 is 0 Å². The van der Waals surface area contributed by atoms with Gasteiger partial charge < -0.3 is 9.73 Å². The van der Waals surface area contributed by atoms with Crippen LogP contribution in [-0.4, -0.2) is 18.1 Å². The first-order chi connectivity index (χ1) is 8.33. The molecule has 2 heterocycles. The third-order valence-corrected chi connectivity index (χ3v) is 3.32. The predicted molar refractivity (Wildman–Crippen MR) is 67.2 cm³/mol. The second kappa shape index (κ2) is 4.51. The number of aromatic nitrogens is 1. The maximum atomic E-state index is 5.86. The summed E-state index contributed by atoms with van der Waals surface area (Å²) in [4.78, 5) is 4.54. The Morgan fingerprint density at radius 1 is 1.29 bits per heavy atom. The standard InChI is InChI=1S/C13H13ClN2O/c14-11-3-1-9(2-4-11)12-8-17-13(16-12)10-5-6-15-7-10/h1-4,8,10,15H,5-7H2. The molecule has 1 aromatic carbocycles. The van der Waals surface area contributed by atoms with Crippen LogP contribution in [0, 0.1) is 0 Å². The van der Waals surface area contributed by atoms with Gasteiger partial charge in [0.1, 0.15) is 12.0 Å². The number of nitrogens with zero attached hydrogens (tertiary/aromatic N) is 1. The first-order valence-electron chi connectivity index (χ1n) is 5.75. The van der Waals surface area contributed by atoms with Gasteiger partial charge in [0.25, 0.3) is 0 Å². The normalized spacial score (nSPS) is 19.7. The van der Waals surface area contributed by atoms with Crippen molar-refractivity contribution in [3.8, 4) is 11.3 Å². The molecule has 3 rings (SSSR count). The van der Waals surface area contributed by atoms with Crippen molar-refractivity contribution < 1.29 is 4.42 Å². The van der Waals surface area contributed by atoms with E-state index in [-0.39, 0.29) is 0 Å². The van der Waals surface area contributed by atoms with Gasteiger partial charge in [0.05, 0.1) is 0 Å². The third-order valence-electron chi connectivity index (χ3n) is 3.07. The Morgan fingerprint density at radius 3 is 2.82 bits per heavy atom. The molecule has 3 nitrogen and oxygen atoms in total. The number of oxazole rings is 1. The largest absolute Gasteiger partial charge is 0.448 e. The van der Waals surface area contributed by atoms with Crippen LogP contribution in [0.25, 0.3) is 11.3 Å². The van der Waals surface area contributed by atoms with E-state index in [2.05, 4.69) is 10.3 Å². The minimum absolute atomic E-state index is 0.413. The zero-order chi connectivity index (χ0) is 11.7. The van der Waals surface area contributed by atoms with Crippen LogP contribution in [0.5, 0.6) is 0 Å². The molecule has 0 amide bonds. The lowest BCUT2D eigenvalue weighted by Gasteiger charge is -2.00. The van der Waals surface area contributed by atoms with Gasteiger partial charge in [-0.25, -0.2) is 4.98 Å². The number of rotatable bonds is 2. The Balaban J connectivity index is 1.86. The molecule has 1 fully saturated rings. The van der Waals surface area contributed by atoms with Crippen LogP contribution >= 0.6 is 11.6 Å². The highest BCUT2D eigenvalue weighted by atomic mass is 35.5. The molecule has 1 saturated heterocycles. The van der Waals surface area contributed by atoms with Gasteiger partial charge in [-0.05, 0) is 25.1 Å². The van der Waals surface area contributed by atoms with Crippen molar-refractivity contribution in [1.29, 1.82) is 0 Å². The second-order valence-corrected chi connectivity index (χ2v) is 4.70. The molecule has 1 N–H and O–H groups in total. The number of benzene rings is 1. The predicted octanol–water partition coefficient (Wildman–Crippen LogP) is 3.07. The van der Waals surface area contributed by atoms with Gasteiger partial charge in [0.15, 0.2) is 5.89 Å². The van der Waals surface area contributed by atoms with E-state index < -0.39 is 0 Å². The number of halogens is 1. The fourth-order valence-corrected chi connectivity index (χ4v) is 2.22. The molecule has 1 aliphatic heterocycles. The average Bonchev–Trinajstić information content (AvgIpc) is 3.00. The first-order valence-corrected chi connectivity index (χ1v) is 6.13. The molecule has 88 valence electrons. The summed E-state index contributed by atoms with van der Waals surface area (Å²) in [5.74, 6) is 1.25. The molecule has 1 aromatic heterocycles. The molecule has 1 aliphatic rings. The van der Waals surface area contributed by atoms with E-state index in [1.54, 1.807) is 6.26 Å². The van der Waals surface area contributed by atoms with Crippen LogP contribution < -0.4 is 5.32 Å². The van der Waals surface area contributed by atoms with Crippen LogP contribution in [0.15, 0.2) is 34.9 Å². The van der Waals surface area contributed by atoms with Crippen molar-refractivity contribution in [1.82, 2.24) is 10.3 Å². The van der Waals surface area contributed by atoms with Gasteiger partial charge >= 0.3 is 0 Å². The lowest BCUT2D eigenvalue weighted by molar-refractivity contribution is 0.457. The molecule has 1 atom stereocenters. The number of hydrogen-bond donors (Lipinski definition) is 1. The second-order valence-electron chi connectivity index (χ2n) is 4.27. The van der Waals surface area contributed by atoms with E-state index in [1.165, 1.54) is 0 Å². The summed E-state index contributed by atoms with van der Waals surface area (Å²) in [5, 5.41) is 4.04. The molecule has 0 radical (unpaired) electrons. The molecule has 4 heteroatoms. The summed E-state index contributed by atoms with van der Waals surface area (Å²) >= 11 is 5.86. The molecule has 1 unspecified atom stereocenters. The van der Waals surface area contributed by atoms with Crippen molar-refractivity contribution in [2.24, 2.45) is 0 Å². The summed E-state index contributed by atoms with van der Waals surface area (Å²) in [7, 11) is 0. The molecular formula is C13H13ClN2O. The van der Waals surface area contributed by atoms with Crippen LogP contribution in [0.2, 0.25) is 5.02 Å². The van der Waals surface area contributed by atoms with Gasteiger partial charge in [0.2, 0.25) is 0 Å². The topological polar surface area (TPSA) is 38.1 Å². The van der Waals surface area contributed by atoms with Crippen molar-refractivity contribution in [2.45, 2.75) is 12.3 Å². The fourth-order valence-electron chi connectivity index (χ4n) is 2.09. The smallest absolute Gasteiger partial charge is 0.199 e. The Morgan fingerprint density at radius 2 is 2.12 bits per heavy atom. The highest BCUT2D eigenvalue weighted by molar-refractivity contribution is 6.30. The zero-order valence-corrected chi connectivity index (χ0v) is 10.1. The Bertz CT molecular complexity index is 500. The Kier molecular flexibility index (Phi) is 2.87. The van der Waals surface area contributed by atoms with Crippen LogP contribution in [0.4, 0.5) is 0 Å². The molecule has 0 bridgehead atoms. The summed E-state index contributed by atoms with van der Waals surface area (Å²) in [6.07, 6.45) is 2.82. The van der Waals surface area contributed by atoms with Gasteiger partial charge in [-0.15, -0.1) is 0 Å². The summed E-state index contributed by atoms with van der Waals surface area (Å²) < 4.78 is 5.55.